The van der Waals surface area contributed by atoms with Crippen LogP contribution >= 0.6 is 7.82 Å². The molecule has 0 aromatic carbocycles. The number of carbonyl (C=O) groups excluding carboxylic acids is 2. The van der Waals surface area contributed by atoms with Crippen LogP contribution < -0.4 is 0 Å². The van der Waals surface area contributed by atoms with Gasteiger partial charge in [0.1, 0.15) is 19.8 Å². The van der Waals surface area contributed by atoms with E-state index in [-0.39, 0.29) is 32.0 Å². The summed E-state index contributed by atoms with van der Waals surface area (Å²) in [5.41, 5.74) is 0. The van der Waals surface area contributed by atoms with Gasteiger partial charge in [-0.25, -0.2) is 4.57 Å². The maximum atomic E-state index is 12.9. The molecule has 0 aromatic heterocycles. The van der Waals surface area contributed by atoms with Crippen molar-refractivity contribution in [3.8, 4) is 0 Å². The largest absolute Gasteiger partial charge is 0.472 e. The van der Waals surface area contributed by atoms with Crippen molar-refractivity contribution in [1.29, 1.82) is 0 Å². The molecule has 88 heavy (non-hydrogen) atoms. The molecule has 0 aliphatic heterocycles. The van der Waals surface area contributed by atoms with Crippen LogP contribution in [0.25, 0.3) is 0 Å². The highest BCUT2D eigenvalue weighted by Gasteiger charge is 2.27. The Labute approximate surface area is 544 Å². The molecular formula is C78H139NO8P+. The molecule has 0 spiro atoms. The lowest BCUT2D eigenvalue weighted by Crippen LogP contribution is -2.37. The number of hydrogen-bond acceptors (Lipinski definition) is 7. The minimum atomic E-state index is -4.40. The summed E-state index contributed by atoms with van der Waals surface area (Å²) in [6.45, 7) is 4.24. The molecule has 0 bridgehead atoms. The molecular weight excluding hydrogens is 1110 g/mol. The van der Waals surface area contributed by atoms with Crippen molar-refractivity contribution >= 4 is 19.8 Å². The first-order valence-corrected chi connectivity index (χ1v) is 38.1. The van der Waals surface area contributed by atoms with Crippen LogP contribution in [-0.2, 0) is 32.7 Å². The molecule has 0 aromatic rings. The SMILES string of the molecule is CC/C=C\C/C=C\C/C=C\C/C=C\C/C=C\CCCCCCCCCCCCCCCCCCCCCCCC(=O)OC(COC(=O)CCCCCCCCCCCCCCCC/C=C\C/C=C\C/C=C\C/C=C\CC)COP(=O)(O)OCC[N+](C)(C)C. The van der Waals surface area contributed by atoms with E-state index in [1.54, 1.807) is 0 Å². The second kappa shape index (κ2) is 68.0. The summed E-state index contributed by atoms with van der Waals surface area (Å²) < 4.78 is 34.8. The highest BCUT2D eigenvalue weighted by molar-refractivity contribution is 7.47. The highest BCUT2D eigenvalue weighted by Crippen LogP contribution is 2.43. The maximum Gasteiger partial charge on any atom is 0.472 e. The first kappa shape index (κ1) is 84.7. The molecule has 1 N–H and O–H groups in total. The number of quaternary nitrogens is 1. The fourth-order valence-corrected chi connectivity index (χ4v) is 11.0. The van der Waals surface area contributed by atoms with Crippen molar-refractivity contribution < 1.29 is 42.1 Å². The molecule has 0 fully saturated rings. The van der Waals surface area contributed by atoms with Gasteiger partial charge in [0, 0.05) is 12.8 Å². The van der Waals surface area contributed by atoms with Crippen LogP contribution in [0.3, 0.4) is 0 Å². The zero-order chi connectivity index (χ0) is 64.1. The summed E-state index contributed by atoms with van der Waals surface area (Å²) in [6, 6.07) is 0. The monoisotopic (exact) mass is 1250 g/mol. The third-order valence-electron chi connectivity index (χ3n) is 15.8. The highest BCUT2D eigenvalue weighted by atomic mass is 31.2. The lowest BCUT2D eigenvalue weighted by atomic mass is 10.0. The Morgan fingerprint density at radius 2 is 0.614 bits per heavy atom. The van der Waals surface area contributed by atoms with Crippen molar-refractivity contribution in [1.82, 2.24) is 0 Å². The molecule has 2 atom stereocenters. The third kappa shape index (κ3) is 71.7. The van der Waals surface area contributed by atoms with E-state index in [0.717, 1.165) is 89.9 Å². The summed E-state index contributed by atoms with van der Waals surface area (Å²) in [6.07, 6.45) is 96.3. The average molecular weight is 1250 g/mol. The summed E-state index contributed by atoms with van der Waals surface area (Å²) in [7, 11) is 1.48. The summed E-state index contributed by atoms with van der Waals surface area (Å²) in [5.74, 6) is -0.787. The number of phosphoric acid groups is 1. The molecule has 0 rings (SSSR count). The summed E-state index contributed by atoms with van der Waals surface area (Å²) in [4.78, 5) is 35.9. The average Bonchev–Trinajstić information content (AvgIpc) is 3.68. The molecule has 0 saturated carbocycles. The number of hydrogen-bond donors (Lipinski definition) is 1. The number of carbonyl (C=O) groups is 2. The molecule has 2 unspecified atom stereocenters. The predicted molar refractivity (Wildman–Crippen MR) is 381 cm³/mol. The third-order valence-corrected chi connectivity index (χ3v) is 16.8. The van der Waals surface area contributed by atoms with E-state index in [1.165, 1.54) is 199 Å². The molecule has 0 amide bonds. The molecule has 0 heterocycles. The Morgan fingerprint density at radius 3 is 0.909 bits per heavy atom. The van der Waals surface area contributed by atoms with Crippen LogP contribution in [0.5, 0.6) is 0 Å². The lowest BCUT2D eigenvalue weighted by molar-refractivity contribution is -0.870. The maximum absolute atomic E-state index is 12.9. The second-order valence-electron chi connectivity index (χ2n) is 25.6. The number of esters is 2. The smallest absolute Gasteiger partial charge is 0.462 e. The van der Waals surface area contributed by atoms with Gasteiger partial charge in [-0.15, -0.1) is 0 Å². The number of likely N-dealkylation sites (N-methyl/N-ethyl adjacent to an activating group) is 1. The van der Waals surface area contributed by atoms with Gasteiger partial charge in [0.05, 0.1) is 27.7 Å². The van der Waals surface area contributed by atoms with Crippen LogP contribution in [0, 0.1) is 0 Å². The quantitative estimate of drug-likeness (QED) is 0.0211. The van der Waals surface area contributed by atoms with Gasteiger partial charge in [-0.05, 0) is 96.3 Å². The molecule has 9 nitrogen and oxygen atoms in total. The number of phosphoric ester groups is 1. The van der Waals surface area contributed by atoms with Gasteiger partial charge in [-0.2, -0.15) is 0 Å². The zero-order valence-corrected chi connectivity index (χ0v) is 58.8. The van der Waals surface area contributed by atoms with E-state index in [2.05, 4.69) is 123 Å². The van der Waals surface area contributed by atoms with Crippen LogP contribution in [0.4, 0.5) is 0 Å². The minimum absolute atomic E-state index is 0.0300. The van der Waals surface area contributed by atoms with Gasteiger partial charge in [0.25, 0.3) is 0 Å². The Kier molecular flexibility index (Phi) is 65.5. The number of nitrogens with zero attached hydrogens (tertiary/aromatic N) is 1. The number of rotatable bonds is 67. The Bertz CT molecular complexity index is 1850. The molecule has 0 radical (unpaired) electrons. The fourth-order valence-electron chi connectivity index (χ4n) is 10.3. The fraction of sp³-hybridized carbons (Fsp3) is 0.744. The van der Waals surface area contributed by atoms with Crippen molar-refractivity contribution in [2.75, 3.05) is 47.5 Å². The van der Waals surface area contributed by atoms with Gasteiger partial charge in [0.15, 0.2) is 6.10 Å². The van der Waals surface area contributed by atoms with E-state index < -0.39 is 26.5 Å². The number of allylic oxidation sites excluding steroid dienone is 18. The lowest BCUT2D eigenvalue weighted by Gasteiger charge is -2.24. The normalized spacial score (nSPS) is 13.8. The van der Waals surface area contributed by atoms with E-state index in [4.69, 9.17) is 18.5 Å². The first-order chi connectivity index (χ1) is 43.0. The first-order valence-electron chi connectivity index (χ1n) is 36.6. The van der Waals surface area contributed by atoms with Crippen LogP contribution in [0.1, 0.15) is 322 Å². The Balaban J connectivity index is 3.98. The van der Waals surface area contributed by atoms with Crippen molar-refractivity contribution in [3.05, 3.63) is 109 Å². The zero-order valence-electron chi connectivity index (χ0n) is 57.9. The predicted octanol–water partition coefficient (Wildman–Crippen LogP) is 24.1. The van der Waals surface area contributed by atoms with Crippen LogP contribution in [0.2, 0.25) is 0 Å². The molecule has 0 saturated heterocycles. The van der Waals surface area contributed by atoms with Crippen LogP contribution in [0.15, 0.2) is 109 Å². The van der Waals surface area contributed by atoms with Crippen molar-refractivity contribution in [3.63, 3.8) is 0 Å². The summed E-state index contributed by atoms with van der Waals surface area (Å²) >= 11 is 0. The van der Waals surface area contributed by atoms with Crippen molar-refractivity contribution in [2.45, 2.75) is 328 Å². The van der Waals surface area contributed by atoms with Gasteiger partial charge >= 0.3 is 19.8 Å². The summed E-state index contributed by atoms with van der Waals surface area (Å²) in [5, 5.41) is 0. The van der Waals surface area contributed by atoms with E-state index >= 15 is 0 Å². The Morgan fingerprint density at radius 1 is 0.352 bits per heavy atom. The second-order valence-corrected chi connectivity index (χ2v) is 27.0. The van der Waals surface area contributed by atoms with E-state index in [9.17, 15) is 19.0 Å². The van der Waals surface area contributed by atoms with Gasteiger partial charge in [-0.1, -0.05) is 322 Å². The number of ether oxygens (including phenoxy) is 2. The van der Waals surface area contributed by atoms with Gasteiger partial charge < -0.3 is 18.9 Å². The molecule has 508 valence electrons. The standard InChI is InChI=1S/C78H138NO8P/c1-6-8-10-12-14-16-18-20-22-24-26-28-30-32-34-35-36-37-38-39-40-41-42-43-45-47-49-51-53-55-57-59-61-63-65-67-69-71-78(81)87-76(75-86-88(82,83)85-73-72-79(3,4)5)74-84-77(80)70-68-66-64-62-60-58-56-54-52-50-48-46-44-33-31-29-27-25-23-21-19-17-15-13-11-9-7-2/h8-11,14-17,20-23,26-29,32,34,76H,6-7,12-13,18-19,24-25,30-31,33,35-75H2,1-5H3/p+1/b10-8-,11-9-,16-14-,17-15-,22-20-,23-21-,28-26-,29-27-,34-32-. The minimum Gasteiger partial charge on any atom is -0.462 e. The molecule has 10 heteroatoms. The van der Waals surface area contributed by atoms with E-state index in [0.29, 0.717) is 17.4 Å². The topological polar surface area (TPSA) is 108 Å². The molecule has 0 aliphatic carbocycles. The number of unbranched alkanes of at least 4 members (excludes halogenated alkanes) is 35. The van der Waals surface area contributed by atoms with Crippen molar-refractivity contribution in [2.24, 2.45) is 0 Å². The van der Waals surface area contributed by atoms with E-state index in [1.807, 2.05) is 21.1 Å². The molecule has 0 aliphatic rings. The van der Waals surface area contributed by atoms with Crippen LogP contribution in [-0.4, -0.2) is 74.9 Å². The Hall–Kier alpha value is -3.33. The van der Waals surface area contributed by atoms with Gasteiger partial charge in [0.2, 0.25) is 0 Å². The van der Waals surface area contributed by atoms with Gasteiger partial charge in [-0.3, -0.25) is 18.6 Å².